The van der Waals surface area contributed by atoms with Gasteiger partial charge in [0.25, 0.3) is 0 Å². The minimum atomic E-state index is -4.16. The van der Waals surface area contributed by atoms with Gasteiger partial charge < -0.3 is 5.32 Å². The zero-order valence-electron chi connectivity index (χ0n) is 9.10. The molecular weight excluding hydrogens is 234 g/mol. The molecule has 0 unspecified atom stereocenters. The minimum Gasteiger partial charge on any atom is -0.306 e. The molecule has 1 fully saturated rings. The molecule has 0 heterocycles. The molecule has 17 heavy (non-hydrogen) atoms. The average Bonchev–Trinajstić information content (AvgIpc) is 2.13. The number of rotatable bonds is 3. The molecule has 0 bridgehead atoms. The molecule has 5 heteroatoms. The van der Waals surface area contributed by atoms with Crippen molar-refractivity contribution in [3.63, 3.8) is 0 Å². The zero-order chi connectivity index (χ0) is 12.5. The molecule has 0 aromatic heterocycles. The van der Waals surface area contributed by atoms with Crippen LogP contribution in [-0.4, -0.2) is 18.8 Å². The van der Waals surface area contributed by atoms with E-state index in [4.69, 9.17) is 0 Å². The number of nitrogens with one attached hydrogen (secondary N) is 1. The Morgan fingerprint density at radius 1 is 1.24 bits per heavy atom. The monoisotopic (exact) mass is 247 g/mol. The Morgan fingerprint density at radius 3 is 2.53 bits per heavy atom. The lowest BCUT2D eigenvalue weighted by molar-refractivity contribution is -0.127. The Balaban J connectivity index is 1.79. The fraction of sp³-hybridized carbons (Fsp3) is 0.500. The summed E-state index contributed by atoms with van der Waals surface area (Å²) in [4.78, 5) is 0. The number of hydrogen-bond donors (Lipinski definition) is 1. The quantitative estimate of drug-likeness (QED) is 0.809. The summed E-state index contributed by atoms with van der Waals surface area (Å²) in [5.41, 5.74) is 0.870. The molecule has 1 aliphatic rings. The predicted octanol–water partition coefficient (Wildman–Crippen LogP) is 3.22. The lowest BCUT2D eigenvalue weighted by atomic mass is 9.76. The lowest BCUT2D eigenvalue weighted by Crippen LogP contribution is -2.44. The van der Waals surface area contributed by atoms with Gasteiger partial charge in [-0.25, -0.2) is 4.39 Å². The number of hydrogen-bond acceptors (Lipinski definition) is 1. The van der Waals surface area contributed by atoms with Crippen molar-refractivity contribution < 1.29 is 17.6 Å². The molecule has 2 rings (SSSR count). The van der Waals surface area contributed by atoms with E-state index in [0.29, 0.717) is 12.8 Å². The fourth-order valence-corrected chi connectivity index (χ4v) is 2.08. The standard InChI is InChI=1S/C12H13F4N/c13-10-3-1-2-8(4-10)9-5-11(6-9)17-7-12(14,15)16/h1-4,9,11,17H,5-7H2. The molecule has 0 amide bonds. The van der Waals surface area contributed by atoms with Gasteiger partial charge in [0.1, 0.15) is 5.82 Å². The first-order valence-corrected chi connectivity index (χ1v) is 5.49. The molecule has 0 saturated heterocycles. The third-order valence-corrected chi connectivity index (χ3v) is 3.05. The van der Waals surface area contributed by atoms with Crippen molar-refractivity contribution in [1.82, 2.24) is 5.32 Å². The Hall–Kier alpha value is -1.10. The van der Waals surface area contributed by atoms with Gasteiger partial charge in [0, 0.05) is 6.04 Å². The van der Waals surface area contributed by atoms with E-state index in [9.17, 15) is 17.6 Å². The summed E-state index contributed by atoms with van der Waals surface area (Å²) in [6.07, 6.45) is -2.89. The van der Waals surface area contributed by atoms with Gasteiger partial charge >= 0.3 is 6.18 Å². The summed E-state index contributed by atoms with van der Waals surface area (Å²) in [7, 11) is 0. The Morgan fingerprint density at radius 2 is 1.94 bits per heavy atom. The van der Waals surface area contributed by atoms with Crippen molar-refractivity contribution in [3.05, 3.63) is 35.6 Å². The lowest BCUT2D eigenvalue weighted by Gasteiger charge is -2.36. The van der Waals surface area contributed by atoms with E-state index >= 15 is 0 Å². The van der Waals surface area contributed by atoms with Crippen LogP contribution in [0.25, 0.3) is 0 Å². The Kier molecular flexibility index (Phi) is 3.38. The van der Waals surface area contributed by atoms with E-state index in [0.717, 1.165) is 5.56 Å². The highest BCUT2D eigenvalue weighted by Gasteiger charge is 2.34. The van der Waals surface area contributed by atoms with Gasteiger partial charge in [-0.05, 0) is 36.5 Å². The van der Waals surface area contributed by atoms with E-state index in [1.165, 1.54) is 12.1 Å². The second kappa shape index (κ2) is 4.64. The van der Waals surface area contributed by atoms with Crippen LogP contribution in [0.15, 0.2) is 24.3 Å². The van der Waals surface area contributed by atoms with E-state index in [2.05, 4.69) is 5.32 Å². The van der Waals surface area contributed by atoms with Crippen LogP contribution in [0.2, 0.25) is 0 Å². The first-order valence-electron chi connectivity index (χ1n) is 5.49. The van der Waals surface area contributed by atoms with Crippen LogP contribution in [-0.2, 0) is 0 Å². The van der Waals surface area contributed by atoms with Crippen LogP contribution in [0.1, 0.15) is 24.3 Å². The topological polar surface area (TPSA) is 12.0 Å². The highest BCUT2D eigenvalue weighted by molar-refractivity contribution is 5.23. The van der Waals surface area contributed by atoms with Crippen molar-refractivity contribution in [1.29, 1.82) is 0 Å². The molecule has 0 spiro atoms. The van der Waals surface area contributed by atoms with Crippen LogP contribution in [0.5, 0.6) is 0 Å². The van der Waals surface area contributed by atoms with Gasteiger partial charge in [-0.15, -0.1) is 0 Å². The molecule has 1 N–H and O–H groups in total. The third-order valence-electron chi connectivity index (χ3n) is 3.05. The first-order chi connectivity index (χ1) is 7.94. The average molecular weight is 247 g/mol. The van der Waals surface area contributed by atoms with Gasteiger partial charge in [-0.3, -0.25) is 0 Å². The first kappa shape index (κ1) is 12.4. The van der Waals surface area contributed by atoms with Crippen LogP contribution >= 0.6 is 0 Å². The van der Waals surface area contributed by atoms with Gasteiger partial charge in [-0.2, -0.15) is 13.2 Å². The number of alkyl halides is 3. The largest absolute Gasteiger partial charge is 0.401 e. The van der Waals surface area contributed by atoms with Crippen molar-refractivity contribution in [2.45, 2.75) is 31.0 Å². The summed E-state index contributed by atoms with van der Waals surface area (Å²) in [6.45, 7) is -0.951. The Bertz CT molecular complexity index is 382. The van der Waals surface area contributed by atoms with E-state index < -0.39 is 12.7 Å². The smallest absolute Gasteiger partial charge is 0.306 e. The third kappa shape index (κ3) is 3.43. The maximum Gasteiger partial charge on any atom is 0.401 e. The molecule has 1 saturated carbocycles. The van der Waals surface area contributed by atoms with Crippen LogP contribution < -0.4 is 5.32 Å². The molecule has 0 aliphatic heterocycles. The summed E-state index contributed by atoms with van der Waals surface area (Å²) in [6, 6.07) is 6.14. The molecular formula is C12H13F4N. The summed E-state index contributed by atoms with van der Waals surface area (Å²) >= 11 is 0. The molecule has 94 valence electrons. The maximum absolute atomic E-state index is 12.9. The molecule has 0 atom stereocenters. The molecule has 1 nitrogen and oxygen atoms in total. The SMILES string of the molecule is Fc1cccc(C2CC(NCC(F)(F)F)C2)c1. The van der Waals surface area contributed by atoms with Gasteiger partial charge in [0.15, 0.2) is 0 Å². The highest BCUT2D eigenvalue weighted by atomic mass is 19.4. The number of halogens is 4. The van der Waals surface area contributed by atoms with Crippen LogP contribution in [0.3, 0.4) is 0 Å². The second-order valence-electron chi connectivity index (χ2n) is 4.42. The van der Waals surface area contributed by atoms with Crippen LogP contribution in [0, 0.1) is 5.82 Å². The van der Waals surface area contributed by atoms with Gasteiger partial charge in [-0.1, -0.05) is 12.1 Å². The molecule has 0 radical (unpaired) electrons. The van der Waals surface area contributed by atoms with Gasteiger partial charge in [0.05, 0.1) is 6.54 Å². The molecule has 1 aromatic rings. The van der Waals surface area contributed by atoms with E-state index in [1.54, 1.807) is 6.07 Å². The van der Waals surface area contributed by atoms with Crippen molar-refractivity contribution in [2.75, 3.05) is 6.54 Å². The Labute approximate surface area is 96.8 Å². The normalized spacial score (nSPS) is 24.5. The van der Waals surface area contributed by atoms with Crippen molar-refractivity contribution >= 4 is 0 Å². The summed E-state index contributed by atoms with van der Waals surface area (Å²) in [5.74, 6) is -0.120. The zero-order valence-corrected chi connectivity index (χ0v) is 9.10. The number of benzene rings is 1. The fourth-order valence-electron chi connectivity index (χ4n) is 2.08. The van der Waals surface area contributed by atoms with Crippen molar-refractivity contribution in [2.24, 2.45) is 0 Å². The molecule has 1 aromatic carbocycles. The maximum atomic E-state index is 12.9. The van der Waals surface area contributed by atoms with Crippen LogP contribution in [0.4, 0.5) is 17.6 Å². The second-order valence-corrected chi connectivity index (χ2v) is 4.42. The van der Waals surface area contributed by atoms with E-state index in [1.807, 2.05) is 6.07 Å². The molecule has 1 aliphatic carbocycles. The summed E-state index contributed by atoms with van der Waals surface area (Å²) in [5, 5.41) is 2.45. The van der Waals surface area contributed by atoms with E-state index in [-0.39, 0.29) is 17.8 Å². The van der Waals surface area contributed by atoms with Crippen molar-refractivity contribution in [3.8, 4) is 0 Å². The summed E-state index contributed by atoms with van der Waals surface area (Å²) < 4.78 is 48.7. The van der Waals surface area contributed by atoms with Gasteiger partial charge in [0.2, 0.25) is 0 Å². The minimum absolute atomic E-state index is 0.107. The predicted molar refractivity (Wildman–Crippen MR) is 56.2 cm³/mol. The highest BCUT2D eigenvalue weighted by Crippen LogP contribution is 2.37.